The van der Waals surface area contributed by atoms with Crippen LogP contribution in [-0.4, -0.2) is 7.28 Å². The minimum Gasteiger partial charge on any atom is -0.454 e. The monoisotopic (exact) mass is 927 g/mol. The molecular weight excluding hydrogens is 868 g/mol. The van der Waals surface area contributed by atoms with E-state index >= 15 is 0 Å². The van der Waals surface area contributed by atoms with E-state index in [1.807, 2.05) is 17.4 Å². The lowest BCUT2D eigenvalue weighted by Gasteiger charge is -2.44. The molecule has 0 saturated heterocycles. The highest BCUT2D eigenvalue weighted by molar-refractivity contribution is 7.29. The number of aryl methyl sites for hydroxylation is 1. The van der Waals surface area contributed by atoms with Gasteiger partial charge in [-0.15, -0.1) is 11.3 Å². The van der Waals surface area contributed by atoms with Gasteiger partial charge in [-0.1, -0.05) is 146 Å². The Labute approximate surface area is 417 Å². The molecular formula is C65H60BN2OS. The van der Waals surface area contributed by atoms with Gasteiger partial charge in [0.25, 0.3) is 0 Å². The summed E-state index contributed by atoms with van der Waals surface area (Å²) in [6.07, 6.45) is 4.70. The van der Waals surface area contributed by atoms with E-state index in [2.05, 4.69) is 219 Å². The summed E-state index contributed by atoms with van der Waals surface area (Å²) >= 11 is 1.96. The Bertz CT molecular complexity index is 3810. The molecule has 1 N–H and O–H groups in total. The molecule has 345 valence electrons. The van der Waals surface area contributed by atoms with Crippen molar-refractivity contribution in [2.45, 2.75) is 110 Å². The molecule has 10 aromatic rings. The standard InChI is InChI=1S/C65H60BN2OS/c1-38-30-48-50(64(6,7)28-26-62(48,2)3)36-54(38)68-55-34-42(39-18-11-10-12-19-39)32-46(58(55)66-61-59(68)47-35-49-51(37-57(47)70-61)65(8,9)29-27-63(49,4)5)45-31-40-20-13-14-21-41(40)33-53(45)67-52-24-17-23-44-43-22-15-16-25-56(43)69-60(44)52/h10-25,30-37,67H,26-29H2,1-9H3. The number of para-hydroxylation sites is 2. The molecule has 8 aromatic carbocycles. The third-order valence-corrected chi connectivity index (χ3v) is 18.0. The second-order valence-corrected chi connectivity index (χ2v) is 24.5. The summed E-state index contributed by atoms with van der Waals surface area (Å²) in [6, 6.07) is 54.6. The Hall–Kier alpha value is -6.56. The Morgan fingerprint density at radius 1 is 0.514 bits per heavy atom. The molecule has 0 fully saturated rings. The molecule has 0 bridgehead atoms. The SMILES string of the molecule is Cc1cc2c(cc1N1c3cc(-c4ccccc4)cc(-c4cc5ccccc5cc4Nc4cccc5c4oc4ccccc45)c3[B]c3sc4cc5c(cc4c31)C(C)(C)CCC5(C)C)C(C)(C)CCC2(C)C. The first kappa shape index (κ1) is 43.5. The number of hydrogen-bond donors (Lipinski definition) is 1. The quantitative estimate of drug-likeness (QED) is 0.174. The third kappa shape index (κ3) is 6.67. The van der Waals surface area contributed by atoms with Crippen LogP contribution in [0.2, 0.25) is 0 Å². The number of nitrogens with zero attached hydrogens (tertiary/aromatic N) is 1. The van der Waals surface area contributed by atoms with Crippen LogP contribution in [0, 0.1) is 6.92 Å². The molecule has 0 saturated carbocycles. The molecule has 1 aliphatic heterocycles. The summed E-state index contributed by atoms with van der Waals surface area (Å²) in [7, 11) is 2.53. The second-order valence-electron chi connectivity index (χ2n) is 23.4. The molecule has 3 aliphatic rings. The smallest absolute Gasteiger partial charge is 0.211 e. The van der Waals surface area contributed by atoms with Gasteiger partial charge in [0.15, 0.2) is 5.58 Å². The summed E-state index contributed by atoms with van der Waals surface area (Å²) in [6.45, 7) is 22.0. The fourth-order valence-electron chi connectivity index (χ4n) is 12.5. The third-order valence-electron chi connectivity index (χ3n) is 16.9. The molecule has 0 atom stereocenters. The molecule has 70 heavy (non-hydrogen) atoms. The molecule has 0 spiro atoms. The molecule has 3 nitrogen and oxygen atoms in total. The lowest BCUT2D eigenvalue weighted by molar-refractivity contribution is 0.332. The predicted molar refractivity (Wildman–Crippen MR) is 302 cm³/mol. The Balaban J connectivity index is 1.12. The van der Waals surface area contributed by atoms with Crippen molar-refractivity contribution in [2.75, 3.05) is 10.2 Å². The van der Waals surface area contributed by atoms with Gasteiger partial charge in [-0.05, 0) is 174 Å². The van der Waals surface area contributed by atoms with Gasteiger partial charge in [-0.3, -0.25) is 0 Å². The zero-order valence-electron chi connectivity index (χ0n) is 42.0. The number of nitrogens with one attached hydrogen (secondary N) is 1. The van der Waals surface area contributed by atoms with Gasteiger partial charge < -0.3 is 14.6 Å². The van der Waals surface area contributed by atoms with Crippen LogP contribution < -0.4 is 20.5 Å². The minimum absolute atomic E-state index is 0.0394. The van der Waals surface area contributed by atoms with E-state index in [4.69, 9.17) is 4.42 Å². The van der Waals surface area contributed by atoms with E-state index in [1.165, 1.54) is 112 Å². The topological polar surface area (TPSA) is 28.4 Å². The van der Waals surface area contributed by atoms with Crippen molar-refractivity contribution in [3.05, 3.63) is 173 Å². The zero-order chi connectivity index (χ0) is 48.1. The summed E-state index contributed by atoms with van der Waals surface area (Å²) in [5.74, 6) is 0. The largest absolute Gasteiger partial charge is 0.454 e. The fourth-order valence-corrected chi connectivity index (χ4v) is 13.7. The van der Waals surface area contributed by atoms with Crippen molar-refractivity contribution < 1.29 is 4.42 Å². The molecule has 13 rings (SSSR count). The van der Waals surface area contributed by atoms with E-state index in [9.17, 15) is 0 Å². The van der Waals surface area contributed by atoms with Crippen LogP contribution in [0.5, 0.6) is 0 Å². The number of anilines is 5. The van der Waals surface area contributed by atoms with E-state index in [0.717, 1.165) is 45.3 Å². The maximum absolute atomic E-state index is 6.65. The van der Waals surface area contributed by atoms with Gasteiger partial charge in [0, 0.05) is 43.5 Å². The maximum Gasteiger partial charge on any atom is 0.211 e. The van der Waals surface area contributed by atoms with Gasteiger partial charge in [-0.2, -0.15) is 0 Å². The van der Waals surface area contributed by atoms with Crippen LogP contribution in [0.3, 0.4) is 0 Å². The number of benzene rings is 8. The van der Waals surface area contributed by atoms with Crippen molar-refractivity contribution >= 4 is 100 Å². The summed E-state index contributed by atoms with van der Waals surface area (Å²) < 4.78 is 9.31. The van der Waals surface area contributed by atoms with Crippen molar-refractivity contribution in [1.29, 1.82) is 0 Å². The van der Waals surface area contributed by atoms with Gasteiger partial charge in [0.1, 0.15) is 5.58 Å². The van der Waals surface area contributed by atoms with Gasteiger partial charge >= 0.3 is 0 Å². The Morgan fingerprint density at radius 2 is 1.13 bits per heavy atom. The molecule has 3 heterocycles. The Kier molecular flexibility index (Phi) is 9.45. The number of fused-ring (bicyclic) bond motifs is 10. The number of hydrogen-bond acceptors (Lipinski definition) is 4. The van der Waals surface area contributed by atoms with E-state index in [-0.39, 0.29) is 21.7 Å². The number of furan rings is 1. The predicted octanol–water partition coefficient (Wildman–Crippen LogP) is 17.5. The molecule has 1 radical (unpaired) electrons. The van der Waals surface area contributed by atoms with E-state index in [0.29, 0.717) is 0 Å². The highest BCUT2D eigenvalue weighted by Gasteiger charge is 2.42. The maximum atomic E-state index is 6.65. The molecule has 5 heteroatoms. The first-order valence-corrected chi connectivity index (χ1v) is 26.2. The minimum atomic E-state index is 0.0394. The van der Waals surface area contributed by atoms with E-state index in [1.54, 1.807) is 0 Å². The van der Waals surface area contributed by atoms with Crippen LogP contribution in [0.4, 0.5) is 28.4 Å². The highest BCUT2D eigenvalue weighted by Crippen LogP contribution is 2.54. The molecule has 2 aliphatic carbocycles. The van der Waals surface area contributed by atoms with Crippen molar-refractivity contribution in [3.8, 4) is 22.3 Å². The average molecular weight is 928 g/mol. The van der Waals surface area contributed by atoms with Gasteiger partial charge in [0.05, 0.1) is 11.4 Å². The lowest BCUT2D eigenvalue weighted by Crippen LogP contribution is -2.40. The number of thiophene rings is 1. The zero-order valence-corrected chi connectivity index (χ0v) is 42.8. The normalized spacial score (nSPS) is 17.2. The fraction of sp³-hybridized carbons (Fsp3) is 0.262. The summed E-state index contributed by atoms with van der Waals surface area (Å²) in [4.78, 5) is 2.70. The first-order valence-electron chi connectivity index (χ1n) is 25.4. The van der Waals surface area contributed by atoms with Gasteiger partial charge in [-0.25, -0.2) is 0 Å². The summed E-state index contributed by atoms with van der Waals surface area (Å²) in [5, 5.41) is 9.96. The van der Waals surface area contributed by atoms with Crippen LogP contribution in [0.1, 0.15) is 109 Å². The van der Waals surface area contributed by atoms with Crippen LogP contribution in [-0.2, 0) is 21.7 Å². The van der Waals surface area contributed by atoms with Crippen LogP contribution in [0.25, 0.3) is 65.1 Å². The summed E-state index contributed by atoms with van der Waals surface area (Å²) in [5.41, 5.74) is 21.0. The Morgan fingerprint density at radius 3 is 1.86 bits per heavy atom. The van der Waals surface area contributed by atoms with Crippen molar-refractivity contribution in [2.24, 2.45) is 0 Å². The van der Waals surface area contributed by atoms with Crippen molar-refractivity contribution in [3.63, 3.8) is 0 Å². The van der Waals surface area contributed by atoms with Crippen molar-refractivity contribution in [1.82, 2.24) is 0 Å². The molecule has 0 amide bonds. The molecule has 0 unspecified atom stereocenters. The lowest BCUT2D eigenvalue weighted by atomic mass is 9.61. The second kappa shape index (κ2) is 15.2. The highest BCUT2D eigenvalue weighted by atomic mass is 32.1. The first-order chi connectivity index (χ1) is 33.5. The molecule has 2 aromatic heterocycles. The van der Waals surface area contributed by atoms with Gasteiger partial charge in [0.2, 0.25) is 7.28 Å². The van der Waals surface area contributed by atoms with Crippen LogP contribution in [0.15, 0.2) is 150 Å². The van der Waals surface area contributed by atoms with E-state index < -0.39 is 0 Å². The number of rotatable bonds is 5. The average Bonchev–Trinajstić information content (AvgIpc) is 3.92. The van der Waals surface area contributed by atoms with Crippen LogP contribution >= 0.6 is 11.3 Å².